The van der Waals surface area contributed by atoms with E-state index in [1.807, 2.05) is 0 Å². The summed E-state index contributed by atoms with van der Waals surface area (Å²) in [6.07, 6.45) is 11.5. The normalized spacial score (nSPS) is 34.6. The van der Waals surface area contributed by atoms with E-state index in [0.717, 1.165) is 43.6 Å². The zero-order valence-electron chi connectivity index (χ0n) is 23.7. The van der Waals surface area contributed by atoms with Gasteiger partial charge in [0.2, 0.25) is 0 Å². The molecule has 0 aromatic heterocycles. The van der Waals surface area contributed by atoms with Crippen LogP contribution in [0.2, 0.25) is 0 Å². The molecule has 0 spiro atoms. The summed E-state index contributed by atoms with van der Waals surface area (Å²) in [4.78, 5) is 9.76. The minimum atomic E-state index is 0.962. The van der Waals surface area contributed by atoms with Crippen LogP contribution in [0.25, 0.3) is 0 Å². The number of likely N-dealkylation sites (tertiary alicyclic amines) is 1. The van der Waals surface area contributed by atoms with Gasteiger partial charge in [0.15, 0.2) is 0 Å². The Morgan fingerprint density at radius 1 is 0.486 bits per heavy atom. The van der Waals surface area contributed by atoms with Gasteiger partial charge in [-0.3, -0.25) is 0 Å². The lowest BCUT2D eigenvalue weighted by molar-refractivity contribution is 0.115. The average Bonchev–Trinajstić information content (AvgIpc) is 3.08. The van der Waals surface area contributed by atoms with Gasteiger partial charge in [-0.25, -0.2) is 0 Å². The largest absolute Gasteiger partial charge is 0.316 e. The van der Waals surface area contributed by atoms with Crippen molar-refractivity contribution in [2.75, 3.05) is 107 Å². The third-order valence-corrected chi connectivity index (χ3v) is 9.16. The van der Waals surface area contributed by atoms with E-state index in [1.54, 1.807) is 0 Å². The van der Waals surface area contributed by atoms with Crippen molar-refractivity contribution in [3.05, 3.63) is 0 Å². The first-order valence-corrected chi connectivity index (χ1v) is 14.9. The molecule has 0 amide bonds. The quantitative estimate of drug-likeness (QED) is 0.474. The Labute approximate surface area is 217 Å². The highest BCUT2D eigenvalue weighted by atomic mass is 15.2. The zero-order chi connectivity index (χ0) is 24.9. The first-order valence-electron chi connectivity index (χ1n) is 14.9. The molecule has 7 nitrogen and oxygen atoms in total. The molecule has 206 valence electrons. The zero-order valence-corrected chi connectivity index (χ0v) is 23.7. The van der Waals surface area contributed by atoms with E-state index in [9.17, 15) is 0 Å². The van der Waals surface area contributed by atoms with Crippen molar-refractivity contribution in [1.82, 2.24) is 35.6 Å². The number of rotatable bonds is 0. The number of likely N-dealkylation sites (N-methyl/N-ethyl adjacent to an activating group) is 2. The van der Waals surface area contributed by atoms with E-state index >= 15 is 0 Å². The monoisotopic (exact) mass is 493 g/mol. The van der Waals surface area contributed by atoms with Crippen LogP contribution in [-0.4, -0.2) is 138 Å². The molecule has 0 aliphatic carbocycles. The number of nitrogens with one attached hydrogen (secondary N) is 3. The molecule has 2 bridgehead atoms. The molecule has 6 heterocycles. The molecule has 35 heavy (non-hydrogen) atoms. The van der Waals surface area contributed by atoms with Gasteiger partial charge in [0, 0.05) is 57.9 Å². The van der Waals surface area contributed by atoms with Gasteiger partial charge >= 0.3 is 0 Å². The summed E-state index contributed by atoms with van der Waals surface area (Å²) in [7, 11) is 8.87. The van der Waals surface area contributed by atoms with Crippen LogP contribution in [0.1, 0.15) is 51.4 Å². The van der Waals surface area contributed by atoms with Crippen LogP contribution >= 0.6 is 0 Å². The highest BCUT2D eigenvalue weighted by Gasteiger charge is 2.33. The molecule has 0 aromatic carbocycles. The molecule has 6 aliphatic heterocycles. The summed E-state index contributed by atoms with van der Waals surface area (Å²) in [5.74, 6) is 1.98. The number of hydrogen-bond donors (Lipinski definition) is 3. The van der Waals surface area contributed by atoms with Crippen molar-refractivity contribution in [2.45, 2.75) is 63.5 Å². The lowest BCUT2D eigenvalue weighted by atomic mass is 9.81. The van der Waals surface area contributed by atoms with Crippen molar-refractivity contribution in [2.24, 2.45) is 11.8 Å². The molecular formula is C28H59N7. The fourth-order valence-corrected chi connectivity index (χ4v) is 6.57. The van der Waals surface area contributed by atoms with Gasteiger partial charge in [-0.2, -0.15) is 0 Å². The van der Waals surface area contributed by atoms with Crippen LogP contribution in [0.15, 0.2) is 0 Å². The number of piperidine rings is 3. The smallest absolute Gasteiger partial charge is 0.0104 e. The van der Waals surface area contributed by atoms with Gasteiger partial charge < -0.3 is 35.6 Å². The highest BCUT2D eigenvalue weighted by Crippen LogP contribution is 2.33. The number of piperazine rings is 1. The summed E-state index contributed by atoms with van der Waals surface area (Å²) in [5.41, 5.74) is 0. The molecule has 7 heteroatoms. The van der Waals surface area contributed by atoms with Crippen LogP contribution in [0.5, 0.6) is 0 Å². The Morgan fingerprint density at radius 3 is 1.74 bits per heavy atom. The SMILES string of the molecule is CN1C2CCCC1CC2.CN1CCC2CNCCC2C1.CN1CCCNCC1.CN1CCNCC1. The maximum Gasteiger partial charge on any atom is 0.0104 e. The molecule has 0 aromatic rings. The van der Waals surface area contributed by atoms with Crippen LogP contribution < -0.4 is 16.0 Å². The van der Waals surface area contributed by atoms with Crippen molar-refractivity contribution >= 4 is 0 Å². The average molecular weight is 494 g/mol. The van der Waals surface area contributed by atoms with Crippen molar-refractivity contribution in [1.29, 1.82) is 0 Å². The minimum absolute atomic E-state index is 0.962. The van der Waals surface area contributed by atoms with E-state index < -0.39 is 0 Å². The number of fused-ring (bicyclic) bond motifs is 3. The van der Waals surface area contributed by atoms with Crippen LogP contribution in [0, 0.1) is 11.8 Å². The molecule has 6 fully saturated rings. The second-order valence-electron chi connectivity index (χ2n) is 12.0. The summed E-state index contributed by atoms with van der Waals surface area (Å²) < 4.78 is 0. The lowest BCUT2D eigenvalue weighted by Gasteiger charge is -2.40. The third kappa shape index (κ3) is 10.9. The Kier molecular flexibility index (Phi) is 13.8. The van der Waals surface area contributed by atoms with Gasteiger partial charge in [-0.05, 0) is 118 Å². The molecular weight excluding hydrogens is 434 g/mol. The standard InChI is InChI=1S/C9H18N2.C8H15N.C6H14N2.C5H12N2/c1-11-5-3-8-6-10-4-2-9(8)7-11;1-9-7-3-2-4-8(9)6-5-7;1-8-5-2-3-7-4-6-8;1-7-4-2-6-3-5-7/h8-10H,2-7H2,1H3;7-8H,2-6H2,1H3;7H,2-6H2,1H3;6H,2-5H2,1H3. The first kappa shape index (κ1) is 29.3. The van der Waals surface area contributed by atoms with Crippen molar-refractivity contribution in [3.8, 4) is 0 Å². The van der Waals surface area contributed by atoms with Gasteiger partial charge in [-0.1, -0.05) is 6.42 Å². The minimum Gasteiger partial charge on any atom is -0.316 e. The summed E-state index contributed by atoms with van der Waals surface area (Å²) in [5, 5.41) is 10.1. The third-order valence-electron chi connectivity index (χ3n) is 9.16. The van der Waals surface area contributed by atoms with Crippen LogP contribution in [0.4, 0.5) is 0 Å². The number of hydrogen-bond acceptors (Lipinski definition) is 7. The van der Waals surface area contributed by atoms with E-state index in [4.69, 9.17) is 0 Å². The summed E-state index contributed by atoms with van der Waals surface area (Å²) in [6.45, 7) is 14.7. The highest BCUT2D eigenvalue weighted by molar-refractivity contribution is 4.89. The van der Waals surface area contributed by atoms with Gasteiger partial charge in [0.25, 0.3) is 0 Å². The van der Waals surface area contributed by atoms with E-state index in [2.05, 4.69) is 63.7 Å². The Hall–Kier alpha value is -0.280. The topological polar surface area (TPSA) is 49.1 Å². The van der Waals surface area contributed by atoms with Crippen molar-refractivity contribution in [3.63, 3.8) is 0 Å². The molecule has 4 unspecified atom stereocenters. The maximum absolute atomic E-state index is 3.48. The molecule has 6 saturated heterocycles. The molecule has 0 radical (unpaired) electrons. The van der Waals surface area contributed by atoms with Gasteiger partial charge in [-0.15, -0.1) is 0 Å². The van der Waals surface area contributed by atoms with Crippen LogP contribution in [-0.2, 0) is 0 Å². The predicted octanol–water partition coefficient (Wildman–Crippen LogP) is 1.61. The fraction of sp³-hybridized carbons (Fsp3) is 1.00. The maximum atomic E-state index is 3.48. The summed E-state index contributed by atoms with van der Waals surface area (Å²) >= 11 is 0. The lowest BCUT2D eigenvalue weighted by Crippen LogP contribution is -2.46. The van der Waals surface area contributed by atoms with Crippen molar-refractivity contribution < 1.29 is 0 Å². The van der Waals surface area contributed by atoms with Crippen LogP contribution in [0.3, 0.4) is 0 Å². The van der Waals surface area contributed by atoms with E-state index in [0.29, 0.717) is 0 Å². The summed E-state index contributed by atoms with van der Waals surface area (Å²) in [6, 6.07) is 1.92. The molecule has 6 rings (SSSR count). The molecule has 4 atom stereocenters. The second kappa shape index (κ2) is 16.5. The van der Waals surface area contributed by atoms with E-state index in [-0.39, 0.29) is 0 Å². The molecule has 6 aliphatic rings. The second-order valence-corrected chi connectivity index (χ2v) is 12.0. The van der Waals surface area contributed by atoms with E-state index in [1.165, 1.54) is 110 Å². The van der Waals surface area contributed by atoms with Gasteiger partial charge in [0.1, 0.15) is 0 Å². The first-order chi connectivity index (χ1) is 17.0. The predicted molar refractivity (Wildman–Crippen MR) is 150 cm³/mol. The Morgan fingerprint density at radius 2 is 1.11 bits per heavy atom. The fourth-order valence-electron chi connectivity index (χ4n) is 6.57. The molecule has 0 saturated carbocycles. The Bertz CT molecular complexity index is 517. The Balaban J connectivity index is 0.000000132. The number of nitrogens with zero attached hydrogens (tertiary/aromatic N) is 4. The molecule has 3 N–H and O–H groups in total. The van der Waals surface area contributed by atoms with Gasteiger partial charge in [0.05, 0.1) is 0 Å².